The maximum absolute atomic E-state index is 10.9. The summed E-state index contributed by atoms with van der Waals surface area (Å²) in [6.45, 7) is 3.26. The van der Waals surface area contributed by atoms with Crippen molar-refractivity contribution in [1.29, 1.82) is 0 Å². The smallest absolute Gasteiger partial charge is 0.264 e. The monoisotopic (exact) mass is 274 g/mol. The molecule has 98 valence electrons. The fourth-order valence-electron chi connectivity index (χ4n) is 1.16. The molecule has 16 heavy (non-hydrogen) atoms. The quantitative estimate of drug-likeness (QED) is 0.496. The molecule has 0 rings (SSSR count). The molecule has 0 saturated carbocycles. The molecular formula is C8H18O6S2. The van der Waals surface area contributed by atoms with Gasteiger partial charge in [0.05, 0.1) is 24.7 Å². The van der Waals surface area contributed by atoms with Crippen LogP contribution in [0.25, 0.3) is 0 Å². The van der Waals surface area contributed by atoms with Crippen LogP contribution in [0.5, 0.6) is 0 Å². The van der Waals surface area contributed by atoms with Crippen molar-refractivity contribution in [3.05, 3.63) is 0 Å². The lowest BCUT2D eigenvalue weighted by Gasteiger charge is -2.23. The van der Waals surface area contributed by atoms with E-state index in [9.17, 15) is 16.8 Å². The fourth-order valence-corrected chi connectivity index (χ4v) is 2.48. The lowest BCUT2D eigenvalue weighted by Crippen LogP contribution is -2.28. The molecule has 0 fully saturated rings. The summed E-state index contributed by atoms with van der Waals surface area (Å²) in [5.74, 6) is 0. The summed E-state index contributed by atoms with van der Waals surface area (Å²) in [5.41, 5.74) is -0.853. The third kappa shape index (κ3) is 10.3. The van der Waals surface area contributed by atoms with Crippen molar-refractivity contribution < 1.29 is 25.2 Å². The van der Waals surface area contributed by atoms with Gasteiger partial charge in [-0.3, -0.25) is 8.37 Å². The Kier molecular flexibility index (Phi) is 5.37. The number of rotatable bonds is 7. The molecule has 0 aromatic carbocycles. The molecule has 0 unspecified atom stereocenters. The molecular weight excluding hydrogens is 256 g/mol. The molecule has 8 heteroatoms. The van der Waals surface area contributed by atoms with Crippen LogP contribution >= 0.6 is 0 Å². The van der Waals surface area contributed by atoms with E-state index in [0.29, 0.717) is 12.8 Å². The molecule has 0 radical (unpaired) electrons. The van der Waals surface area contributed by atoms with E-state index in [1.54, 1.807) is 13.8 Å². The van der Waals surface area contributed by atoms with Gasteiger partial charge in [0.15, 0.2) is 0 Å². The average Bonchev–Trinajstić information content (AvgIpc) is 1.91. The molecule has 6 nitrogen and oxygen atoms in total. The molecule has 0 aliphatic carbocycles. The Morgan fingerprint density at radius 2 is 1.50 bits per heavy atom. The van der Waals surface area contributed by atoms with Crippen LogP contribution in [-0.4, -0.2) is 41.6 Å². The van der Waals surface area contributed by atoms with E-state index >= 15 is 0 Å². The largest absolute Gasteiger partial charge is 0.270 e. The van der Waals surface area contributed by atoms with E-state index in [1.165, 1.54) is 0 Å². The molecule has 0 aromatic heterocycles. The van der Waals surface area contributed by atoms with E-state index in [4.69, 9.17) is 4.18 Å². The molecule has 0 aliphatic rings. The van der Waals surface area contributed by atoms with Crippen molar-refractivity contribution in [3.8, 4) is 0 Å². The van der Waals surface area contributed by atoms with Crippen LogP contribution in [0.4, 0.5) is 0 Å². The minimum absolute atomic E-state index is 0.0232. The number of hydrogen-bond acceptors (Lipinski definition) is 6. The fraction of sp³-hybridized carbons (Fsp3) is 1.00. The first-order valence-corrected chi connectivity index (χ1v) is 8.30. The van der Waals surface area contributed by atoms with Crippen molar-refractivity contribution in [1.82, 2.24) is 0 Å². The zero-order valence-electron chi connectivity index (χ0n) is 9.89. The predicted octanol–water partition coefficient (Wildman–Crippen LogP) is 0.498. The summed E-state index contributed by atoms with van der Waals surface area (Å²) < 4.78 is 52.4. The van der Waals surface area contributed by atoms with Gasteiger partial charge in [-0.1, -0.05) is 0 Å². The molecule has 0 N–H and O–H groups in total. The van der Waals surface area contributed by atoms with Crippen molar-refractivity contribution in [2.75, 3.05) is 19.1 Å². The Labute approximate surface area is 97.2 Å². The minimum Gasteiger partial charge on any atom is -0.270 e. The molecule has 0 bridgehead atoms. The van der Waals surface area contributed by atoms with Crippen molar-refractivity contribution in [2.24, 2.45) is 0 Å². The van der Waals surface area contributed by atoms with Gasteiger partial charge in [-0.2, -0.15) is 16.8 Å². The highest BCUT2D eigenvalue weighted by atomic mass is 32.2. The zero-order chi connectivity index (χ0) is 13.0. The number of hydrogen-bond donors (Lipinski definition) is 0. The van der Waals surface area contributed by atoms with Crippen LogP contribution in [0.15, 0.2) is 0 Å². The van der Waals surface area contributed by atoms with Gasteiger partial charge in [0.1, 0.15) is 0 Å². The maximum Gasteiger partial charge on any atom is 0.264 e. The first kappa shape index (κ1) is 15.8. The first-order chi connectivity index (χ1) is 6.91. The summed E-state index contributed by atoms with van der Waals surface area (Å²) in [5, 5.41) is 0. The SMILES string of the molecule is CC(C)(CCCOS(C)(=O)=O)OS(C)(=O)=O. The standard InChI is InChI=1S/C8H18O6S2/c1-8(2,14-16(4,11)12)6-5-7-13-15(3,9)10/h5-7H2,1-4H3. The van der Waals surface area contributed by atoms with Gasteiger partial charge >= 0.3 is 0 Å². The minimum atomic E-state index is -3.51. The normalized spacial score (nSPS) is 14.0. The molecule has 0 saturated heterocycles. The van der Waals surface area contributed by atoms with Crippen LogP contribution < -0.4 is 0 Å². The molecule has 0 amide bonds. The Bertz CT molecular complexity index is 406. The second kappa shape index (κ2) is 5.44. The summed E-state index contributed by atoms with van der Waals surface area (Å²) >= 11 is 0. The van der Waals surface area contributed by atoms with E-state index in [2.05, 4.69) is 4.18 Å². The van der Waals surface area contributed by atoms with Gasteiger partial charge in [-0.25, -0.2) is 0 Å². The topological polar surface area (TPSA) is 86.7 Å². The van der Waals surface area contributed by atoms with Gasteiger partial charge in [0.2, 0.25) is 0 Å². The van der Waals surface area contributed by atoms with Gasteiger partial charge < -0.3 is 0 Å². The van der Waals surface area contributed by atoms with Gasteiger partial charge in [-0.15, -0.1) is 0 Å². The highest BCUT2D eigenvalue weighted by Crippen LogP contribution is 2.19. The molecule has 0 heterocycles. The van der Waals surface area contributed by atoms with E-state index in [-0.39, 0.29) is 6.61 Å². The highest BCUT2D eigenvalue weighted by molar-refractivity contribution is 7.86. The highest BCUT2D eigenvalue weighted by Gasteiger charge is 2.23. The summed E-state index contributed by atoms with van der Waals surface area (Å²) in [4.78, 5) is 0. The van der Waals surface area contributed by atoms with Crippen LogP contribution in [-0.2, 0) is 28.6 Å². The van der Waals surface area contributed by atoms with Crippen LogP contribution in [0.1, 0.15) is 26.7 Å². The molecule has 0 aliphatic heterocycles. The second-order valence-corrected chi connectivity index (χ2v) is 7.40. The Morgan fingerprint density at radius 1 is 1.00 bits per heavy atom. The average molecular weight is 274 g/mol. The van der Waals surface area contributed by atoms with Crippen LogP contribution in [0, 0.1) is 0 Å². The van der Waals surface area contributed by atoms with Crippen molar-refractivity contribution >= 4 is 20.2 Å². The zero-order valence-corrected chi connectivity index (χ0v) is 11.5. The van der Waals surface area contributed by atoms with E-state index < -0.39 is 25.8 Å². The summed E-state index contributed by atoms with van der Waals surface area (Å²) in [7, 11) is -6.94. The lowest BCUT2D eigenvalue weighted by atomic mass is 10.0. The molecule has 0 atom stereocenters. The van der Waals surface area contributed by atoms with E-state index in [0.717, 1.165) is 12.5 Å². The van der Waals surface area contributed by atoms with E-state index in [1.807, 2.05) is 0 Å². The Hall–Kier alpha value is -0.180. The van der Waals surface area contributed by atoms with Gasteiger partial charge in [0, 0.05) is 0 Å². The predicted molar refractivity (Wildman–Crippen MR) is 60.0 cm³/mol. The lowest BCUT2D eigenvalue weighted by molar-refractivity contribution is 0.101. The van der Waals surface area contributed by atoms with Crippen molar-refractivity contribution in [3.63, 3.8) is 0 Å². The van der Waals surface area contributed by atoms with Crippen molar-refractivity contribution in [2.45, 2.75) is 32.3 Å². The van der Waals surface area contributed by atoms with Crippen LogP contribution in [0.2, 0.25) is 0 Å². The maximum atomic E-state index is 10.9. The van der Waals surface area contributed by atoms with Crippen LogP contribution in [0.3, 0.4) is 0 Å². The Balaban J connectivity index is 4.02. The third-order valence-corrected chi connectivity index (χ3v) is 2.95. The molecule has 0 spiro atoms. The van der Waals surface area contributed by atoms with Gasteiger partial charge in [0.25, 0.3) is 20.2 Å². The molecule has 0 aromatic rings. The Morgan fingerprint density at radius 3 is 1.88 bits per heavy atom. The summed E-state index contributed by atoms with van der Waals surface area (Å²) in [6, 6.07) is 0. The summed E-state index contributed by atoms with van der Waals surface area (Å²) in [6.07, 6.45) is 2.72. The first-order valence-electron chi connectivity index (χ1n) is 4.66. The van der Waals surface area contributed by atoms with Gasteiger partial charge in [-0.05, 0) is 26.7 Å². The third-order valence-electron chi connectivity index (χ3n) is 1.60. The second-order valence-electron chi connectivity index (χ2n) is 4.18.